The molecule has 2 unspecified atom stereocenters. The van der Waals surface area contributed by atoms with Gasteiger partial charge in [-0.3, -0.25) is 4.79 Å². The lowest BCUT2D eigenvalue weighted by Gasteiger charge is -2.36. The summed E-state index contributed by atoms with van der Waals surface area (Å²) in [5, 5.41) is 3.34. The standard InChI is InChI=1S/C15H20N2O/c1-2-17(12-7-8-16-10-12)15(18)14-9-11-5-3-4-6-13(11)14/h3-6,12,14,16H,2,7-10H2,1H3. The molecule has 3 rings (SSSR count). The molecule has 1 aromatic rings. The number of nitrogens with zero attached hydrogens (tertiary/aromatic N) is 1. The maximum atomic E-state index is 12.6. The van der Waals surface area contributed by atoms with Gasteiger partial charge < -0.3 is 10.2 Å². The molecule has 0 radical (unpaired) electrons. The van der Waals surface area contributed by atoms with Crippen molar-refractivity contribution in [1.82, 2.24) is 10.2 Å². The first-order valence-corrected chi connectivity index (χ1v) is 6.90. The lowest BCUT2D eigenvalue weighted by atomic mass is 9.76. The fourth-order valence-corrected chi connectivity index (χ4v) is 3.18. The van der Waals surface area contributed by atoms with Crippen molar-refractivity contribution in [1.29, 1.82) is 0 Å². The lowest BCUT2D eigenvalue weighted by Crippen LogP contribution is -2.46. The molecular weight excluding hydrogens is 224 g/mol. The Balaban J connectivity index is 1.75. The number of likely N-dealkylation sites (N-methyl/N-ethyl adjacent to an activating group) is 1. The molecule has 1 fully saturated rings. The minimum absolute atomic E-state index is 0.113. The van der Waals surface area contributed by atoms with Gasteiger partial charge in [-0.1, -0.05) is 24.3 Å². The third-order valence-corrected chi connectivity index (χ3v) is 4.25. The van der Waals surface area contributed by atoms with E-state index in [1.54, 1.807) is 0 Å². The van der Waals surface area contributed by atoms with Crippen LogP contribution in [0.4, 0.5) is 0 Å². The van der Waals surface area contributed by atoms with E-state index in [9.17, 15) is 4.79 Å². The smallest absolute Gasteiger partial charge is 0.230 e. The van der Waals surface area contributed by atoms with Crippen LogP contribution >= 0.6 is 0 Å². The van der Waals surface area contributed by atoms with Crippen molar-refractivity contribution in [2.45, 2.75) is 31.7 Å². The molecule has 1 N–H and O–H groups in total. The normalized spacial score (nSPS) is 25.4. The van der Waals surface area contributed by atoms with Crippen molar-refractivity contribution in [3.05, 3.63) is 35.4 Å². The third-order valence-electron chi connectivity index (χ3n) is 4.25. The second-order valence-electron chi connectivity index (χ2n) is 5.23. The molecule has 1 heterocycles. The number of fused-ring (bicyclic) bond motifs is 1. The van der Waals surface area contributed by atoms with Crippen LogP contribution in [-0.4, -0.2) is 36.5 Å². The van der Waals surface area contributed by atoms with E-state index in [-0.39, 0.29) is 5.92 Å². The van der Waals surface area contributed by atoms with E-state index >= 15 is 0 Å². The highest BCUT2D eigenvalue weighted by molar-refractivity contribution is 5.87. The Kier molecular flexibility index (Phi) is 3.08. The Morgan fingerprint density at radius 2 is 2.28 bits per heavy atom. The number of hydrogen-bond acceptors (Lipinski definition) is 2. The number of amides is 1. The number of benzene rings is 1. The fourth-order valence-electron chi connectivity index (χ4n) is 3.18. The Morgan fingerprint density at radius 3 is 2.94 bits per heavy atom. The molecule has 3 nitrogen and oxygen atoms in total. The first-order chi connectivity index (χ1) is 8.81. The van der Waals surface area contributed by atoms with Crippen LogP contribution in [0.3, 0.4) is 0 Å². The van der Waals surface area contributed by atoms with E-state index in [2.05, 4.69) is 35.3 Å². The summed E-state index contributed by atoms with van der Waals surface area (Å²) in [5.41, 5.74) is 2.59. The minimum atomic E-state index is 0.113. The summed E-state index contributed by atoms with van der Waals surface area (Å²) in [7, 11) is 0. The van der Waals surface area contributed by atoms with E-state index in [0.29, 0.717) is 11.9 Å². The molecule has 2 atom stereocenters. The molecule has 1 saturated heterocycles. The van der Waals surface area contributed by atoms with Gasteiger partial charge in [0.05, 0.1) is 5.92 Å². The van der Waals surface area contributed by atoms with Crippen molar-refractivity contribution in [3.8, 4) is 0 Å². The Hall–Kier alpha value is -1.35. The van der Waals surface area contributed by atoms with Gasteiger partial charge in [0.1, 0.15) is 0 Å². The van der Waals surface area contributed by atoms with E-state index in [0.717, 1.165) is 32.5 Å². The first-order valence-electron chi connectivity index (χ1n) is 6.90. The fraction of sp³-hybridized carbons (Fsp3) is 0.533. The highest BCUT2D eigenvalue weighted by atomic mass is 16.2. The third kappa shape index (κ3) is 1.83. The van der Waals surface area contributed by atoms with Crippen LogP contribution in [0.25, 0.3) is 0 Å². The van der Waals surface area contributed by atoms with Crippen molar-refractivity contribution in [2.75, 3.05) is 19.6 Å². The number of carbonyl (C=O) groups excluding carboxylic acids is 1. The first kappa shape index (κ1) is 11.7. The molecule has 0 saturated carbocycles. The number of carbonyl (C=O) groups is 1. The molecule has 18 heavy (non-hydrogen) atoms. The zero-order valence-electron chi connectivity index (χ0n) is 10.9. The largest absolute Gasteiger partial charge is 0.338 e. The lowest BCUT2D eigenvalue weighted by molar-refractivity contribution is -0.135. The van der Waals surface area contributed by atoms with Crippen LogP contribution in [-0.2, 0) is 11.2 Å². The number of nitrogens with one attached hydrogen (secondary N) is 1. The second-order valence-corrected chi connectivity index (χ2v) is 5.23. The molecule has 3 heteroatoms. The van der Waals surface area contributed by atoms with E-state index in [1.807, 2.05) is 6.07 Å². The van der Waals surface area contributed by atoms with Crippen LogP contribution in [0.5, 0.6) is 0 Å². The molecular formula is C15H20N2O. The zero-order valence-corrected chi connectivity index (χ0v) is 10.9. The summed E-state index contributed by atoms with van der Waals surface area (Å²) < 4.78 is 0. The monoisotopic (exact) mass is 244 g/mol. The molecule has 96 valence electrons. The van der Waals surface area contributed by atoms with E-state index in [1.165, 1.54) is 11.1 Å². The second kappa shape index (κ2) is 4.73. The Bertz CT molecular complexity index is 452. The molecule has 1 amide bonds. The molecule has 1 aliphatic heterocycles. The van der Waals surface area contributed by atoms with Gasteiger partial charge in [0.2, 0.25) is 5.91 Å². The molecule has 2 aliphatic rings. The summed E-state index contributed by atoms with van der Waals surface area (Å²) >= 11 is 0. The van der Waals surface area contributed by atoms with Crippen molar-refractivity contribution >= 4 is 5.91 Å². The van der Waals surface area contributed by atoms with Crippen LogP contribution in [0.2, 0.25) is 0 Å². The average molecular weight is 244 g/mol. The maximum absolute atomic E-state index is 12.6. The van der Waals surface area contributed by atoms with Crippen LogP contribution in [0, 0.1) is 0 Å². The number of hydrogen-bond donors (Lipinski definition) is 1. The van der Waals surface area contributed by atoms with Gasteiger partial charge in [0.25, 0.3) is 0 Å². The van der Waals surface area contributed by atoms with Crippen LogP contribution in [0.15, 0.2) is 24.3 Å². The molecule has 1 aliphatic carbocycles. The van der Waals surface area contributed by atoms with Crippen molar-refractivity contribution in [2.24, 2.45) is 0 Å². The number of rotatable bonds is 3. The molecule has 0 spiro atoms. The van der Waals surface area contributed by atoms with E-state index < -0.39 is 0 Å². The summed E-state index contributed by atoms with van der Waals surface area (Å²) in [6, 6.07) is 8.72. The minimum Gasteiger partial charge on any atom is -0.338 e. The van der Waals surface area contributed by atoms with Gasteiger partial charge in [0, 0.05) is 19.1 Å². The van der Waals surface area contributed by atoms with E-state index in [4.69, 9.17) is 0 Å². The zero-order chi connectivity index (χ0) is 12.5. The predicted octanol–water partition coefficient (Wildman–Crippen LogP) is 1.54. The van der Waals surface area contributed by atoms with Crippen molar-refractivity contribution in [3.63, 3.8) is 0 Å². The predicted molar refractivity (Wildman–Crippen MR) is 71.5 cm³/mol. The summed E-state index contributed by atoms with van der Waals surface area (Å²) in [4.78, 5) is 14.7. The van der Waals surface area contributed by atoms with Crippen LogP contribution in [0.1, 0.15) is 30.4 Å². The van der Waals surface area contributed by atoms with Crippen LogP contribution < -0.4 is 5.32 Å². The molecule has 0 bridgehead atoms. The Labute approximate surface area is 108 Å². The average Bonchev–Trinajstić information content (AvgIpc) is 2.85. The maximum Gasteiger partial charge on any atom is 0.230 e. The summed E-state index contributed by atoms with van der Waals surface area (Å²) in [6.07, 6.45) is 2.01. The molecule has 1 aromatic carbocycles. The SMILES string of the molecule is CCN(C(=O)C1Cc2ccccc21)C1CCNC1. The highest BCUT2D eigenvalue weighted by Crippen LogP contribution is 2.36. The van der Waals surface area contributed by atoms with Gasteiger partial charge in [-0.2, -0.15) is 0 Å². The Morgan fingerprint density at radius 1 is 1.44 bits per heavy atom. The van der Waals surface area contributed by atoms with Gasteiger partial charge in [-0.05, 0) is 37.4 Å². The van der Waals surface area contributed by atoms with Crippen molar-refractivity contribution < 1.29 is 4.79 Å². The topological polar surface area (TPSA) is 32.3 Å². The summed E-state index contributed by atoms with van der Waals surface area (Å²) in [5.74, 6) is 0.437. The quantitative estimate of drug-likeness (QED) is 0.874. The van der Waals surface area contributed by atoms with Gasteiger partial charge in [-0.25, -0.2) is 0 Å². The summed E-state index contributed by atoms with van der Waals surface area (Å²) in [6.45, 7) is 4.90. The highest BCUT2D eigenvalue weighted by Gasteiger charge is 2.36. The van der Waals surface area contributed by atoms with Gasteiger partial charge >= 0.3 is 0 Å². The van der Waals surface area contributed by atoms with Gasteiger partial charge in [-0.15, -0.1) is 0 Å². The molecule has 0 aromatic heterocycles. The van der Waals surface area contributed by atoms with Gasteiger partial charge in [0.15, 0.2) is 0 Å².